The lowest BCUT2D eigenvalue weighted by molar-refractivity contribution is -0.143. The molecule has 0 bridgehead atoms. The van der Waals surface area contributed by atoms with Crippen LogP contribution in [0.15, 0.2) is 24.3 Å². The minimum absolute atomic E-state index is 0.0218. The quantitative estimate of drug-likeness (QED) is 0.0320. The highest BCUT2D eigenvalue weighted by atomic mass is 16.5. The highest BCUT2D eigenvalue weighted by molar-refractivity contribution is 5.76. The van der Waals surface area contributed by atoms with Crippen molar-refractivity contribution in [3.8, 4) is 0 Å². The molecule has 0 radical (unpaired) electrons. The summed E-state index contributed by atoms with van der Waals surface area (Å²) in [6, 6.07) is -0.623. The van der Waals surface area contributed by atoms with Crippen LogP contribution in [-0.4, -0.2) is 47.4 Å². The van der Waals surface area contributed by atoms with Crippen LogP contribution >= 0.6 is 0 Å². The first-order chi connectivity index (χ1) is 37.0. The molecule has 75 heavy (non-hydrogen) atoms. The number of carbonyl (C=O) groups is 2. The monoisotopic (exact) mass is 1060 g/mol. The van der Waals surface area contributed by atoms with Gasteiger partial charge in [-0.3, -0.25) is 9.59 Å². The molecule has 1 amide bonds. The zero-order valence-electron chi connectivity index (χ0n) is 50.8. The van der Waals surface area contributed by atoms with Gasteiger partial charge >= 0.3 is 5.97 Å². The van der Waals surface area contributed by atoms with Crippen molar-refractivity contribution < 1.29 is 24.5 Å². The van der Waals surface area contributed by atoms with Crippen LogP contribution in [-0.2, 0) is 14.3 Å². The van der Waals surface area contributed by atoms with Gasteiger partial charge in [0.1, 0.15) is 0 Å². The number of aliphatic hydroxyl groups is 2. The number of carbonyl (C=O) groups excluding carboxylic acids is 2. The molecule has 0 aromatic heterocycles. The molecule has 0 aromatic carbocycles. The van der Waals surface area contributed by atoms with Crippen LogP contribution < -0.4 is 5.32 Å². The number of aliphatic hydroxyl groups excluding tert-OH is 2. The molecule has 2 atom stereocenters. The molecule has 0 saturated heterocycles. The van der Waals surface area contributed by atoms with Crippen molar-refractivity contribution in [2.75, 3.05) is 13.2 Å². The van der Waals surface area contributed by atoms with E-state index in [1.54, 1.807) is 6.08 Å². The van der Waals surface area contributed by atoms with Gasteiger partial charge in [-0.2, -0.15) is 0 Å². The number of allylic oxidation sites excluding steroid dienone is 3. The summed E-state index contributed by atoms with van der Waals surface area (Å²) in [6.07, 6.45) is 81.3. The molecule has 6 nitrogen and oxygen atoms in total. The number of amides is 1. The highest BCUT2D eigenvalue weighted by Crippen LogP contribution is 2.18. The summed E-state index contributed by atoms with van der Waals surface area (Å²) in [6.45, 7) is 4.91. The second kappa shape index (κ2) is 64.9. The van der Waals surface area contributed by atoms with Crippen LogP contribution in [0, 0.1) is 0 Å². The Morgan fingerprint density at radius 1 is 0.360 bits per heavy atom. The van der Waals surface area contributed by atoms with Crippen molar-refractivity contribution in [1.29, 1.82) is 0 Å². The summed E-state index contributed by atoms with van der Waals surface area (Å²) < 4.78 is 5.50. The van der Waals surface area contributed by atoms with E-state index in [0.717, 1.165) is 38.5 Å². The van der Waals surface area contributed by atoms with Gasteiger partial charge < -0.3 is 20.3 Å². The molecule has 0 aliphatic rings. The minimum Gasteiger partial charge on any atom is -0.466 e. The molecular formula is C69H133NO5. The number of hydrogen-bond acceptors (Lipinski definition) is 5. The fraction of sp³-hybridized carbons (Fsp3) is 0.913. The van der Waals surface area contributed by atoms with Crippen LogP contribution in [0.25, 0.3) is 0 Å². The number of hydrogen-bond donors (Lipinski definition) is 3. The van der Waals surface area contributed by atoms with Crippen molar-refractivity contribution in [3.63, 3.8) is 0 Å². The van der Waals surface area contributed by atoms with Gasteiger partial charge in [-0.05, 0) is 57.8 Å². The SMILES string of the molecule is CCCCCCCCCC/C=C/C(O)C(CO)NC(=O)CCCCCCCCCCCCCCCCCCC/C=C\CCCCCCCCCCCCCCOC(=O)CCCCCCCCCCCCCCCCC. The largest absolute Gasteiger partial charge is 0.466 e. The summed E-state index contributed by atoms with van der Waals surface area (Å²) in [5, 5.41) is 23.0. The Morgan fingerprint density at radius 3 is 0.947 bits per heavy atom. The van der Waals surface area contributed by atoms with Crippen molar-refractivity contribution in [1.82, 2.24) is 5.32 Å². The van der Waals surface area contributed by atoms with E-state index in [-0.39, 0.29) is 18.5 Å². The highest BCUT2D eigenvalue weighted by Gasteiger charge is 2.18. The van der Waals surface area contributed by atoms with E-state index in [9.17, 15) is 19.8 Å². The number of ether oxygens (including phenoxy) is 1. The average molecular weight is 1060 g/mol. The molecule has 444 valence electrons. The Morgan fingerprint density at radius 2 is 0.627 bits per heavy atom. The van der Waals surface area contributed by atoms with Crippen LogP contribution in [0.1, 0.15) is 380 Å². The molecule has 0 spiro atoms. The van der Waals surface area contributed by atoms with E-state index >= 15 is 0 Å². The molecule has 6 heteroatoms. The third-order valence-electron chi connectivity index (χ3n) is 16.0. The van der Waals surface area contributed by atoms with E-state index in [0.29, 0.717) is 19.4 Å². The minimum atomic E-state index is -0.840. The maximum Gasteiger partial charge on any atom is 0.305 e. The first-order valence-electron chi connectivity index (χ1n) is 34.1. The Kier molecular flexibility index (Phi) is 63.4. The van der Waals surface area contributed by atoms with Crippen molar-refractivity contribution in [2.45, 2.75) is 392 Å². The molecule has 0 aromatic rings. The average Bonchev–Trinajstić information content (AvgIpc) is 3.41. The van der Waals surface area contributed by atoms with E-state index < -0.39 is 12.1 Å². The van der Waals surface area contributed by atoms with Crippen LogP contribution in [0.2, 0.25) is 0 Å². The maximum absolute atomic E-state index is 12.4. The summed E-state index contributed by atoms with van der Waals surface area (Å²) in [5.41, 5.74) is 0. The third-order valence-corrected chi connectivity index (χ3v) is 16.0. The van der Waals surface area contributed by atoms with Gasteiger partial charge in [0.2, 0.25) is 5.91 Å². The zero-order chi connectivity index (χ0) is 54.3. The van der Waals surface area contributed by atoms with Gasteiger partial charge in [-0.15, -0.1) is 0 Å². The van der Waals surface area contributed by atoms with Gasteiger partial charge in [0.05, 0.1) is 25.4 Å². The Hall–Kier alpha value is -1.66. The third kappa shape index (κ3) is 61.4. The molecule has 0 fully saturated rings. The van der Waals surface area contributed by atoms with Crippen molar-refractivity contribution in [3.05, 3.63) is 24.3 Å². The predicted octanol–water partition coefficient (Wildman–Crippen LogP) is 21.8. The Bertz CT molecular complexity index is 1170. The number of esters is 1. The first-order valence-corrected chi connectivity index (χ1v) is 34.1. The molecule has 0 heterocycles. The molecule has 0 saturated carbocycles. The van der Waals surface area contributed by atoms with Crippen molar-refractivity contribution >= 4 is 11.9 Å². The topological polar surface area (TPSA) is 95.9 Å². The van der Waals surface area contributed by atoms with E-state index in [2.05, 4.69) is 31.3 Å². The molecular weight excluding hydrogens is 923 g/mol. The summed E-state index contributed by atoms with van der Waals surface area (Å²) in [5.74, 6) is -0.0436. The van der Waals surface area contributed by atoms with Gasteiger partial charge in [0.25, 0.3) is 0 Å². The second-order valence-corrected chi connectivity index (χ2v) is 23.5. The molecule has 0 rings (SSSR count). The standard InChI is InChI=1S/C69H133NO5/c1-3-5-7-9-11-13-15-16-36-40-43-47-51-55-59-63-69(74)75-64-60-56-52-48-44-41-38-35-33-31-29-27-25-23-21-19-17-18-20-22-24-26-28-30-32-34-37-39-42-46-50-54-58-62-68(73)70-66(65-71)67(72)61-57-53-49-45-14-12-10-8-6-4-2/h21,23,57,61,66-67,71-72H,3-20,22,24-56,58-60,62-65H2,1-2H3,(H,70,73)/b23-21-,61-57+. The van der Waals surface area contributed by atoms with Crippen molar-refractivity contribution in [2.24, 2.45) is 0 Å². The normalized spacial score (nSPS) is 12.6. The van der Waals surface area contributed by atoms with Gasteiger partial charge in [-0.25, -0.2) is 0 Å². The molecule has 2 unspecified atom stereocenters. The van der Waals surface area contributed by atoms with Crippen LogP contribution in [0.4, 0.5) is 0 Å². The number of nitrogens with one attached hydrogen (secondary N) is 1. The van der Waals surface area contributed by atoms with E-state index in [4.69, 9.17) is 4.74 Å². The lowest BCUT2D eigenvalue weighted by atomic mass is 10.0. The molecule has 0 aliphatic heterocycles. The zero-order valence-corrected chi connectivity index (χ0v) is 50.8. The Balaban J connectivity index is 3.32. The van der Waals surface area contributed by atoms with Crippen LogP contribution in [0.5, 0.6) is 0 Å². The summed E-state index contributed by atoms with van der Waals surface area (Å²) >= 11 is 0. The fourth-order valence-corrected chi connectivity index (χ4v) is 10.7. The lowest BCUT2D eigenvalue weighted by Gasteiger charge is -2.20. The van der Waals surface area contributed by atoms with E-state index in [1.165, 1.54) is 315 Å². The lowest BCUT2D eigenvalue weighted by Crippen LogP contribution is -2.45. The summed E-state index contributed by atoms with van der Waals surface area (Å²) in [7, 11) is 0. The molecule has 0 aliphatic carbocycles. The fourth-order valence-electron chi connectivity index (χ4n) is 10.7. The first kappa shape index (κ1) is 73.3. The number of rotatable bonds is 64. The maximum atomic E-state index is 12.4. The smallest absolute Gasteiger partial charge is 0.305 e. The van der Waals surface area contributed by atoms with Gasteiger partial charge in [-0.1, -0.05) is 334 Å². The Labute approximate surface area is 469 Å². The molecule has 3 N–H and O–H groups in total. The van der Waals surface area contributed by atoms with Gasteiger partial charge in [0, 0.05) is 12.8 Å². The van der Waals surface area contributed by atoms with Gasteiger partial charge in [0.15, 0.2) is 0 Å². The van der Waals surface area contributed by atoms with Crippen LogP contribution in [0.3, 0.4) is 0 Å². The number of unbranched alkanes of at least 4 members (excludes halogenated alkanes) is 51. The second-order valence-electron chi connectivity index (χ2n) is 23.5. The summed E-state index contributed by atoms with van der Waals surface area (Å²) in [4.78, 5) is 24.5. The predicted molar refractivity (Wildman–Crippen MR) is 329 cm³/mol. The van der Waals surface area contributed by atoms with E-state index in [1.807, 2.05) is 6.08 Å².